The molecule has 2 rings (SSSR count). The van der Waals surface area contributed by atoms with Gasteiger partial charge in [-0.05, 0) is 36.8 Å². The van der Waals surface area contributed by atoms with E-state index >= 15 is 0 Å². The van der Waals surface area contributed by atoms with Gasteiger partial charge in [-0.2, -0.15) is 0 Å². The lowest BCUT2D eigenvalue weighted by atomic mass is 10.2. The second-order valence-corrected chi connectivity index (χ2v) is 4.02. The van der Waals surface area contributed by atoms with Gasteiger partial charge < -0.3 is 15.2 Å². The van der Waals surface area contributed by atoms with Crippen molar-refractivity contribution in [2.24, 2.45) is 5.73 Å². The average Bonchev–Trinajstić information content (AvgIpc) is 2.41. The number of hydrogen-bond donors (Lipinski definition) is 2. The first-order valence-corrected chi connectivity index (χ1v) is 5.73. The van der Waals surface area contributed by atoms with Crippen molar-refractivity contribution in [3.05, 3.63) is 47.8 Å². The van der Waals surface area contributed by atoms with Crippen molar-refractivity contribution >= 4 is 5.84 Å². The van der Waals surface area contributed by atoms with Gasteiger partial charge in [-0.3, -0.25) is 5.41 Å². The number of rotatable bonds is 4. The Morgan fingerprint density at radius 3 is 2.68 bits per heavy atom. The van der Waals surface area contributed by atoms with Crippen molar-refractivity contribution in [3.8, 4) is 17.2 Å². The minimum absolute atomic E-state index is 0.137. The summed E-state index contributed by atoms with van der Waals surface area (Å²) in [7, 11) is 1.58. The molecule has 19 heavy (non-hydrogen) atoms. The largest absolute Gasteiger partial charge is 0.493 e. The molecular formula is C14H15N3O2. The summed E-state index contributed by atoms with van der Waals surface area (Å²) in [5.74, 6) is 1.47. The maximum atomic E-state index is 7.48. The van der Waals surface area contributed by atoms with Crippen LogP contribution in [0.1, 0.15) is 11.3 Å². The van der Waals surface area contributed by atoms with Crippen LogP contribution in [0.5, 0.6) is 17.2 Å². The normalized spacial score (nSPS) is 10.0. The minimum atomic E-state index is -0.137. The summed E-state index contributed by atoms with van der Waals surface area (Å²) in [4.78, 5) is 4.03. The van der Waals surface area contributed by atoms with Gasteiger partial charge in [0, 0.05) is 6.20 Å². The molecule has 1 aromatic heterocycles. The molecule has 0 aliphatic heterocycles. The highest BCUT2D eigenvalue weighted by Crippen LogP contribution is 2.32. The predicted octanol–water partition coefficient (Wildman–Crippen LogP) is 2.47. The van der Waals surface area contributed by atoms with E-state index in [1.165, 1.54) is 0 Å². The fourth-order valence-electron chi connectivity index (χ4n) is 1.65. The molecule has 0 fully saturated rings. The summed E-state index contributed by atoms with van der Waals surface area (Å²) in [6.07, 6.45) is 1.57. The predicted molar refractivity (Wildman–Crippen MR) is 73.1 cm³/mol. The Balaban J connectivity index is 2.39. The van der Waals surface area contributed by atoms with E-state index in [4.69, 9.17) is 20.6 Å². The number of methoxy groups -OCH3 is 1. The molecule has 1 heterocycles. The molecule has 0 bridgehead atoms. The van der Waals surface area contributed by atoms with Crippen LogP contribution in [0.2, 0.25) is 0 Å². The van der Waals surface area contributed by atoms with Gasteiger partial charge >= 0.3 is 0 Å². The van der Waals surface area contributed by atoms with E-state index in [1.807, 2.05) is 25.1 Å². The zero-order valence-corrected chi connectivity index (χ0v) is 10.8. The van der Waals surface area contributed by atoms with E-state index in [0.717, 1.165) is 5.56 Å². The second kappa shape index (κ2) is 5.39. The lowest BCUT2D eigenvalue weighted by Gasteiger charge is -2.12. The molecule has 0 amide bonds. The van der Waals surface area contributed by atoms with Gasteiger partial charge in [-0.1, -0.05) is 6.07 Å². The number of aromatic nitrogens is 1. The van der Waals surface area contributed by atoms with Crippen LogP contribution in [0, 0.1) is 12.3 Å². The third kappa shape index (κ3) is 2.82. The van der Waals surface area contributed by atoms with Gasteiger partial charge in [0.1, 0.15) is 11.5 Å². The molecule has 0 aliphatic rings. The average molecular weight is 257 g/mol. The van der Waals surface area contributed by atoms with E-state index in [9.17, 15) is 0 Å². The Hall–Kier alpha value is -2.56. The topological polar surface area (TPSA) is 81.2 Å². The number of pyridine rings is 1. The molecule has 0 radical (unpaired) electrons. The highest BCUT2D eigenvalue weighted by Gasteiger charge is 2.11. The third-order valence-corrected chi connectivity index (χ3v) is 2.56. The van der Waals surface area contributed by atoms with E-state index in [0.29, 0.717) is 22.9 Å². The van der Waals surface area contributed by atoms with Crippen molar-refractivity contribution in [1.82, 2.24) is 4.98 Å². The number of nitrogens with two attached hydrogens (primary N) is 1. The number of nitrogens with zero attached hydrogens (tertiary/aromatic N) is 1. The Morgan fingerprint density at radius 2 is 2.00 bits per heavy atom. The van der Waals surface area contributed by atoms with Gasteiger partial charge in [-0.25, -0.2) is 4.98 Å². The van der Waals surface area contributed by atoms with Crippen LogP contribution < -0.4 is 15.2 Å². The van der Waals surface area contributed by atoms with Crippen LogP contribution in [0.3, 0.4) is 0 Å². The fraction of sp³-hybridized carbons (Fsp3) is 0.143. The highest BCUT2D eigenvalue weighted by molar-refractivity contribution is 5.95. The lowest BCUT2D eigenvalue weighted by molar-refractivity contribution is 0.378. The van der Waals surface area contributed by atoms with Crippen molar-refractivity contribution < 1.29 is 9.47 Å². The van der Waals surface area contributed by atoms with Crippen LogP contribution in [0.4, 0.5) is 0 Å². The first-order chi connectivity index (χ1) is 9.11. The number of nitrogen functional groups attached to an aromatic ring is 1. The molecule has 0 saturated carbocycles. The fourth-order valence-corrected chi connectivity index (χ4v) is 1.65. The SMILES string of the molecule is COc1cc(C)ccc1Oc1cccnc1C(=N)N. The smallest absolute Gasteiger partial charge is 0.169 e. The molecular weight excluding hydrogens is 242 g/mol. The number of amidine groups is 1. The van der Waals surface area contributed by atoms with Crippen LogP contribution in [-0.2, 0) is 0 Å². The molecule has 3 N–H and O–H groups in total. The first-order valence-electron chi connectivity index (χ1n) is 5.73. The van der Waals surface area contributed by atoms with E-state index in [-0.39, 0.29) is 5.84 Å². The van der Waals surface area contributed by atoms with Crippen molar-refractivity contribution in [3.63, 3.8) is 0 Å². The van der Waals surface area contributed by atoms with Crippen LogP contribution in [-0.4, -0.2) is 17.9 Å². The molecule has 1 aromatic carbocycles. The maximum absolute atomic E-state index is 7.48. The van der Waals surface area contributed by atoms with Gasteiger partial charge in [-0.15, -0.1) is 0 Å². The second-order valence-electron chi connectivity index (χ2n) is 4.02. The molecule has 5 nitrogen and oxygen atoms in total. The number of nitrogens with one attached hydrogen (secondary N) is 1. The molecule has 2 aromatic rings. The number of ether oxygens (including phenoxy) is 2. The summed E-state index contributed by atoms with van der Waals surface area (Å²) < 4.78 is 11.0. The number of benzene rings is 1. The summed E-state index contributed by atoms with van der Waals surface area (Å²) >= 11 is 0. The van der Waals surface area contributed by atoms with E-state index < -0.39 is 0 Å². The van der Waals surface area contributed by atoms with Crippen LogP contribution in [0.15, 0.2) is 36.5 Å². The van der Waals surface area contributed by atoms with Gasteiger partial charge in [0.25, 0.3) is 0 Å². The van der Waals surface area contributed by atoms with Crippen molar-refractivity contribution in [1.29, 1.82) is 5.41 Å². The number of hydrogen-bond acceptors (Lipinski definition) is 4. The zero-order chi connectivity index (χ0) is 13.8. The Labute approximate surface area is 111 Å². The molecule has 0 aliphatic carbocycles. The van der Waals surface area contributed by atoms with Gasteiger partial charge in [0.05, 0.1) is 7.11 Å². The molecule has 0 spiro atoms. The Bertz CT molecular complexity index is 611. The minimum Gasteiger partial charge on any atom is -0.493 e. The lowest BCUT2D eigenvalue weighted by Crippen LogP contribution is -2.14. The standard InChI is InChI=1S/C14H15N3O2/c1-9-5-6-10(12(8-9)18-2)19-11-4-3-7-17-13(11)14(15)16/h3-8H,1-2H3,(H3,15,16). The Kier molecular flexibility index (Phi) is 3.66. The first kappa shape index (κ1) is 12.9. The third-order valence-electron chi connectivity index (χ3n) is 2.56. The van der Waals surface area contributed by atoms with E-state index in [2.05, 4.69) is 4.98 Å². The van der Waals surface area contributed by atoms with Crippen LogP contribution in [0.25, 0.3) is 0 Å². The van der Waals surface area contributed by atoms with Gasteiger partial charge in [0.2, 0.25) is 0 Å². The highest BCUT2D eigenvalue weighted by atomic mass is 16.5. The summed E-state index contributed by atoms with van der Waals surface area (Å²) in [6, 6.07) is 9.04. The maximum Gasteiger partial charge on any atom is 0.169 e. The van der Waals surface area contributed by atoms with Crippen molar-refractivity contribution in [2.45, 2.75) is 6.92 Å². The van der Waals surface area contributed by atoms with Crippen molar-refractivity contribution in [2.75, 3.05) is 7.11 Å². The molecule has 98 valence electrons. The quantitative estimate of drug-likeness (QED) is 0.651. The summed E-state index contributed by atoms with van der Waals surface area (Å²) in [5.41, 5.74) is 6.85. The van der Waals surface area contributed by atoms with E-state index in [1.54, 1.807) is 25.4 Å². The van der Waals surface area contributed by atoms with Crippen LogP contribution >= 0.6 is 0 Å². The Morgan fingerprint density at radius 1 is 1.21 bits per heavy atom. The molecule has 0 atom stereocenters. The summed E-state index contributed by atoms with van der Waals surface area (Å²) in [5, 5.41) is 7.48. The molecule has 0 unspecified atom stereocenters. The zero-order valence-electron chi connectivity index (χ0n) is 10.8. The van der Waals surface area contributed by atoms with Gasteiger partial charge in [0.15, 0.2) is 17.2 Å². The molecule has 0 saturated heterocycles. The monoisotopic (exact) mass is 257 g/mol. The molecule has 5 heteroatoms. The number of aryl methyl sites for hydroxylation is 1. The summed E-state index contributed by atoms with van der Waals surface area (Å²) in [6.45, 7) is 1.97.